The summed E-state index contributed by atoms with van der Waals surface area (Å²) in [5.74, 6) is 1.01. The lowest BCUT2D eigenvalue weighted by atomic mass is 10.1. The Hall–Kier alpha value is -0.380. The number of likely N-dealkylation sites (tertiary alicyclic amines) is 1. The highest BCUT2D eigenvalue weighted by molar-refractivity contribution is 14.0. The van der Waals surface area contributed by atoms with Crippen LogP contribution in [0.3, 0.4) is 0 Å². The molecule has 2 fully saturated rings. The third kappa shape index (κ3) is 7.80. The molecule has 2 heterocycles. The predicted molar refractivity (Wildman–Crippen MR) is 129 cm³/mol. The van der Waals surface area contributed by atoms with E-state index in [9.17, 15) is 0 Å². The second-order valence-corrected chi connectivity index (χ2v) is 8.22. The van der Waals surface area contributed by atoms with E-state index in [0.29, 0.717) is 18.8 Å². The second-order valence-electron chi connectivity index (χ2n) is 7.31. The summed E-state index contributed by atoms with van der Waals surface area (Å²) in [7, 11) is 0. The Morgan fingerprint density at radius 2 is 2.11 bits per heavy atom. The van der Waals surface area contributed by atoms with Gasteiger partial charge in [0.2, 0.25) is 0 Å². The highest BCUT2D eigenvalue weighted by Crippen LogP contribution is 2.18. The summed E-state index contributed by atoms with van der Waals surface area (Å²) in [6.07, 6.45) is 6.36. The van der Waals surface area contributed by atoms with Gasteiger partial charge in [-0.15, -0.1) is 24.0 Å². The SMILES string of the molecule is CCNC(=NCc1cccc(Br)c1)N1CCC(OCC2CCCCO2)CC1.I. The van der Waals surface area contributed by atoms with E-state index >= 15 is 0 Å². The molecule has 3 rings (SSSR count). The third-order valence-corrected chi connectivity index (χ3v) is 5.66. The molecule has 2 aliphatic heterocycles. The van der Waals surface area contributed by atoms with Gasteiger partial charge in [-0.05, 0) is 56.7 Å². The minimum absolute atomic E-state index is 0. The average Bonchev–Trinajstić information content (AvgIpc) is 2.71. The van der Waals surface area contributed by atoms with Crippen LogP contribution in [0.4, 0.5) is 0 Å². The second kappa shape index (κ2) is 13.0. The summed E-state index contributed by atoms with van der Waals surface area (Å²) < 4.78 is 13.0. The number of halogens is 2. The molecule has 0 amide bonds. The maximum absolute atomic E-state index is 6.14. The first-order valence-electron chi connectivity index (χ1n) is 10.3. The van der Waals surface area contributed by atoms with Crippen LogP contribution in [0.15, 0.2) is 33.7 Å². The fourth-order valence-corrected chi connectivity index (χ4v) is 4.09. The molecule has 1 aromatic carbocycles. The first kappa shape index (κ1) is 23.9. The normalized spacial score (nSPS) is 21.3. The number of hydrogen-bond donors (Lipinski definition) is 1. The van der Waals surface area contributed by atoms with Gasteiger partial charge in [-0.25, -0.2) is 4.99 Å². The molecule has 0 saturated carbocycles. The van der Waals surface area contributed by atoms with Crippen LogP contribution in [0.25, 0.3) is 0 Å². The Morgan fingerprint density at radius 1 is 1.29 bits per heavy atom. The monoisotopic (exact) mass is 565 g/mol. The molecule has 5 nitrogen and oxygen atoms in total. The maximum atomic E-state index is 6.14. The van der Waals surface area contributed by atoms with Crippen LogP contribution >= 0.6 is 39.9 Å². The van der Waals surface area contributed by atoms with Gasteiger partial charge in [0.25, 0.3) is 0 Å². The zero-order valence-corrected chi connectivity index (χ0v) is 20.7. The van der Waals surface area contributed by atoms with Crippen molar-refractivity contribution in [2.75, 3.05) is 32.8 Å². The molecule has 0 aromatic heterocycles. The van der Waals surface area contributed by atoms with E-state index < -0.39 is 0 Å². The third-order valence-electron chi connectivity index (χ3n) is 5.17. The molecule has 0 spiro atoms. The van der Waals surface area contributed by atoms with Crippen LogP contribution in [-0.2, 0) is 16.0 Å². The zero-order valence-electron chi connectivity index (χ0n) is 16.7. The van der Waals surface area contributed by atoms with E-state index in [2.05, 4.69) is 51.3 Å². The minimum Gasteiger partial charge on any atom is -0.376 e. The number of aliphatic imine (C=N–C) groups is 1. The smallest absolute Gasteiger partial charge is 0.194 e. The van der Waals surface area contributed by atoms with Gasteiger partial charge in [-0.3, -0.25) is 0 Å². The Bertz CT molecular complexity index is 603. The highest BCUT2D eigenvalue weighted by Gasteiger charge is 2.23. The van der Waals surface area contributed by atoms with Gasteiger partial charge in [0, 0.05) is 30.7 Å². The summed E-state index contributed by atoms with van der Waals surface area (Å²) >= 11 is 3.53. The quantitative estimate of drug-likeness (QED) is 0.311. The lowest BCUT2D eigenvalue weighted by Gasteiger charge is -2.35. The Morgan fingerprint density at radius 3 is 2.79 bits per heavy atom. The van der Waals surface area contributed by atoms with Crippen molar-refractivity contribution in [2.45, 2.75) is 57.8 Å². The molecule has 1 N–H and O–H groups in total. The van der Waals surface area contributed by atoms with Crippen molar-refractivity contribution >= 4 is 45.9 Å². The zero-order chi connectivity index (χ0) is 18.9. The van der Waals surface area contributed by atoms with Crippen molar-refractivity contribution in [2.24, 2.45) is 4.99 Å². The van der Waals surface area contributed by atoms with Gasteiger partial charge in [-0.1, -0.05) is 28.1 Å². The molecule has 2 aliphatic rings. The fourth-order valence-electron chi connectivity index (χ4n) is 3.64. The summed E-state index contributed by atoms with van der Waals surface area (Å²) in [4.78, 5) is 7.20. The van der Waals surface area contributed by atoms with Gasteiger partial charge < -0.3 is 19.7 Å². The molecule has 1 atom stereocenters. The summed E-state index contributed by atoms with van der Waals surface area (Å²) in [5, 5.41) is 3.44. The Labute approximate surface area is 194 Å². The van der Waals surface area contributed by atoms with Crippen LogP contribution in [0.5, 0.6) is 0 Å². The molecule has 0 radical (unpaired) electrons. The van der Waals surface area contributed by atoms with Gasteiger partial charge >= 0.3 is 0 Å². The van der Waals surface area contributed by atoms with Gasteiger partial charge in [-0.2, -0.15) is 0 Å². The molecule has 28 heavy (non-hydrogen) atoms. The maximum Gasteiger partial charge on any atom is 0.194 e. The molecule has 1 unspecified atom stereocenters. The van der Waals surface area contributed by atoms with Crippen LogP contribution in [0, 0.1) is 0 Å². The van der Waals surface area contributed by atoms with Gasteiger partial charge in [0.1, 0.15) is 0 Å². The van der Waals surface area contributed by atoms with E-state index in [1.165, 1.54) is 18.4 Å². The van der Waals surface area contributed by atoms with E-state index in [0.717, 1.165) is 62.5 Å². The lowest BCUT2D eigenvalue weighted by molar-refractivity contribution is -0.0721. The fraction of sp³-hybridized carbons (Fsp3) is 0.667. The van der Waals surface area contributed by atoms with Gasteiger partial charge in [0.05, 0.1) is 25.4 Å². The molecular formula is C21H33BrIN3O2. The van der Waals surface area contributed by atoms with Gasteiger partial charge in [0.15, 0.2) is 5.96 Å². The number of guanidine groups is 1. The average molecular weight is 566 g/mol. The standard InChI is InChI=1S/C21H32BrN3O2.HI/c1-2-23-21(24-15-17-6-5-7-18(22)14-17)25-11-9-19(10-12-25)27-16-20-8-3-4-13-26-20;/h5-7,14,19-20H,2-4,8-13,15-16H2,1H3,(H,23,24);1H. The Kier molecular flexibility index (Phi) is 11.1. The van der Waals surface area contributed by atoms with E-state index in [1.807, 2.05) is 6.07 Å². The molecule has 1 aromatic rings. The van der Waals surface area contributed by atoms with Crippen LogP contribution in [0.2, 0.25) is 0 Å². The first-order chi connectivity index (χ1) is 13.2. The number of rotatable bonds is 6. The minimum atomic E-state index is 0. The van der Waals surface area contributed by atoms with E-state index in [4.69, 9.17) is 14.5 Å². The largest absolute Gasteiger partial charge is 0.376 e. The topological polar surface area (TPSA) is 46.1 Å². The number of ether oxygens (including phenoxy) is 2. The predicted octanol–water partition coefficient (Wildman–Crippen LogP) is 4.58. The summed E-state index contributed by atoms with van der Waals surface area (Å²) in [6, 6.07) is 8.34. The van der Waals surface area contributed by atoms with Crippen molar-refractivity contribution in [3.8, 4) is 0 Å². The lowest BCUT2D eigenvalue weighted by Crippen LogP contribution is -2.47. The van der Waals surface area contributed by atoms with Crippen molar-refractivity contribution in [1.82, 2.24) is 10.2 Å². The molecule has 0 aliphatic carbocycles. The highest BCUT2D eigenvalue weighted by atomic mass is 127. The van der Waals surface area contributed by atoms with Crippen molar-refractivity contribution in [3.63, 3.8) is 0 Å². The van der Waals surface area contributed by atoms with Crippen LogP contribution in [0.1, 0.15) is 44.6 Å². The molecule has 7 heteroatoms. The number of piperidine rings is 1. The van der Waals surface area contributed by atoms with Crippen molar-refractivity contribution in [3.05, 3.63) is 34.3 Å². The van der Waals surface area contributed by atoms with Crippen LogP contribution < -0.4 is 5.32 Å². The molecule has 2 saturated heterocycles. The molecule has 0 bridgehead atoms. The summed E-state index contributed by atoms with van der Waals surface area (Å²) in [5.41, 5.74) is 1.21. The van der Waals surface area contributed by atoms with E-state index in [-0.39, 0.29) is 24.0 Å². The van der Waals surface area contributed by atoms with E-state index in [1.54, 1.807) is 0 Å². The number of nitrogens with zero attached hydrogens (tertiary/aromatic N) is 2. The number of hydrogen-bond acceptors (Lipinski definition) is 3. The molecule has 158 valence electrons. The summed E-state index contributed by atoms with van der Waals surface area (Å²) in [6.45, 7) is 7.31. The Balaban J connectivity index is 0.00000280. The van der Waals surface area contributed by atoms with Crippen molar-refractivity contribution in [1.29, 1.82) is 0 Å². The molecular weight excluding hydrogens is 533 g/mol. The van der Waals surface area contributed by atoms with Crippen LogP contribution in [-0.4, -0.2) is 55.9 Å². The number of benzene rings is 1. The van der Waals surface area contributed by atoms with Crippen molar-refractivity contribution < 1.29 is 9.47 Å². The first-order valence-corrected chi connectivity index (χ1v) is 11.0. The number of nitrogens with one attached hydrogen (secondary N) is 1.